The molecule has 26 heavy (non-hydrogen) atoms. The molecule has 0 N–H and O–H groups in total. The molecule has 0 spiro atoms. The zero-order valence-corrected chi connectivity index (χ0v) is 14.6. The summed E-state index contributed by atoms with van der Waals surface area (Å²) < 4.78 is 5.14. The lowest BCUT2D eigenvalue weighted by Gasteiger charge is -2.12. The lowest BCUT2D eigenvalue weighted by molar-refractivity contribution is -0.384. The Kier molecular flexibility index (Phi) is 5.04. The Labute approximate surface area is 153 Å². The standard InChI is InChI=1S/C18H14N2O5S/c1-25-15-7-3-4-12(9-15)10-16-17(21)19(18(22)26-16)11-13-5-2-6-14(8-13)20(23)24/h2-10H,11H2,1H3/b16-10+. The van der Waals surface area contributed by atoms with Crippen molar-refractivity contribution >= 4 is 34.7 Å². The molecule has 132 valence electrons. The average molecular weight is 370 g/mol. The quantitative estimate of drug-likeness (QED) is 0.451. The van der Waals surface area contributed by atoms with E-state index in [4.69, 9.17) is 4.74 Å². The highest BCUT2D eigenvalue weighted by molar-refractivity contribution is 8.18. The van der Waals surface area contributed by atoms with Crippen molar-refractivity contribution in [3.05, 3.63) is 74.7 Å². The minimum atomic E-state index is -0.514. The van der Waals surface area contributed by atoms with Crippen LogP contribution in [0.3, 0.4) is 0 Å². The third-order valence-electron chi connectivity index (χ3n) is 3.73. The summed E-state index contributed by atoms with van der Waals surface area (Å²) in [5.41, 5.74) is 1.18. The number of thioether (sulfide) groups is 1. The van der Waals surface area contributed by atoms with E-state index in [0.717, 1.165) is 22.2 Å². The van der Waals surface area contributed by atoms with Crippen LogP contribution in [-0.2, 0) is 11.3 Å². The number of nitro groups is 1. The molecule has 8 heteroatoms. The third kappa shape index (κ3) is 3.75. The molecule has 0 aliphatic carbocycles. The van der Waals surface area contributed by atoms with Crippen LogP contribution >= 0.6 is 11.8 Å². The number of non-ortho nitro benzene ring substituents is 1. The second-order valence-electron chi connectivity index (χ2n) is 5.47. The van der Waals surface area contributed by atoms with Gasteiger partial charge in [-0.3, -0.25) is 24.6 Å². The molecule has 2 aromatic rings. The van der Waals surface area contributed by atoms with Crippen molar-refractivity contribution in [2.24, 2.45) is 0 Å². The number of hydrogen-bond donors (Lipinski definition) is 0. The molecule has 1 heterocycles. The molecule has 2 aromatic carbocycles. The van der Waals surface area contributed by atoms with Crippen molar-refractivity contribution in [3.8, 4) is 5.75 Å². The third-order valence-corrected chi connectivity index (χ3v) is 4.63. The Hall–Kier alpha value is -3.13. The predicted octanol–water partition coefficient (Wildman–Crippen LogP) is 3.84. The van der Waals surface area contributed by atoms with E-state index >= 15 is 0 Å². The van der Waals surface area contributed by atoms with Crippen molar-refractivity contribution in [2.45, 2.75) is 6.54 Å². The molecule has 1 aliphatic rings. The first-order valence-electron chi connectivity index (χ1n) is 7.60. The molecule has 1 saturated heterocycles. The zero-order chi connectivity index (χ0) is 18.7. The van der Waals surface area contributed by atoms with E-state index in [-0.39, 0.29) is 12.2 Å². The van der Waals surface area contributed by atoms with Crippen LogP contribution in [0.1, 0.15) is 11.1 Å². The molecule has 3 rings (SSSR count). The lowest BCUT2D eigenvalue weighted by Crippen LogP contribution is -2.27. The summed E-state index contributed by atoms with van der Waals surface area (Å²) in [6, 6.07) is 13.0. The fourth-order valence-electron chi connectivity index (χ4n) is 2.47. The number of carbonyl (C=O) groups excluding carboxylic acids is 2. The van der Waals surface area contributed by atoms with Gasteiger partial charge in [0.1, 0.15) is 5.75 Å². The fourth-order valence-corrected chi connectivity index (χ4v) is 3.31. The van der Waals surface area contributed by atoms with Crippen LogP contribution in [0, 0.1) is 10.1 Å². The number of nitrogens with zero attached hydrogens (tertiary/aromatic N) is 2. The van der Waals surface area contributed by atoms with Gasteiger partial charge >= 0.3 is 0 Å². The summed E-state index contributed by atoms with van der Waals surface area (Å²) in [5.74, 6) is 0.226. The van der Waals surface area contributed by atoms with Crippen molar-refractivity contribution < 1.29 is 19.2 Å². The number of amides is 2. The van der Waals surface area contributed by atoms with Gasteiger partial charge in [-0.05, 0) is 41.1 Å². The van der Waals surface area contributed by atoms with Gasteiger partial charge in [-0.1, -0.05) is 24.3 Å². The summed E-state index contributed by atoms with van der Waals surface area (Å²) in [7, 11) is 1.55. The van der Waals surface area contributed by atoms with Crippen molar-refractivity contribution in [3.63, 3.8) is 0 Å². The first kappa shape index (κ1) is 17.7. The summed E-state index contributed by atoms with van der Waals surface area (Å²) in [6.07, 6.45) is 1.63. The second-order valence-corrected chi connectivity index (χ2v) is 6.46. The Balaban J connectivity index is 1.81. The van der Waals surface area contributed by atoms with Crippen LogP contribution in [0.5, 0.6) is 5.75 Å². The SMILES string of the molecule is COc1cccc(/C=C2/SC(=O)N(Cc3cccc([N+](=O)[O-])c3)C2=O)c1. The minimum absolute atomic E-state index is 0.0121. The van der Waals surface area contributed by atoms with Crippen LogP contribution in [0.25, 0.3) is 6.08 Å². The minimum Gasteiger partial charge on any atom is -0.497 e. The highest BCUT2D eigenvalue weighted by Crippen LogP contribution is 2.34. The normalized spacial score (nSPS) is 15.6. The van der Waals surface area contributed by atoms with Gasteiger partial charge in [-0.25, -0.2) is 0 Å². The van der Waals surface area contributed by atoms with E-state index in [0.29, 0.717) is 16.2 Å². The average Bonchev–Trinajstić information content (AvgIpc) is 2.89. The van der Waals surface area contributed by atoms with Gasteiger partial charge in [-0.2, -0.15) is 0 Å². The van der Waals surface area contributed by atoms with Gasteiger partial charge in [0.15, 0.2) is 0 Å². The van der Waals surface area contributed by atoms with Gasteiger partial charge < -0.3 is 4.74 Å². The van der Waals surface area contributed by atoms with Gasteiger partial charge in [-0.15, -0.1) is 0 Å². The van der Waals surface area contributed by atoms with E-state index in [1.807, 2.05) is 0 Å². The Morgan fingerprint density at radius 2 is 1.96 bits per heavy atom. The lowest BCUT2D eigenvalue weighted by atomic mass is 10.2. The molecule has 0 radical (unpaired) electrons. The smallest absolute Gasteiger partial charge is 0.293 e. The molecule has 0 atom stereocenters. The molecule has 1 aliphatic heterocycles. The molecule has 7 nitrogen and oxygen atoms in total. The topological polar surface area (TPSA) is 89.8 Å². The maximum absolute atomic E-state index is 12.5. The molecular weight excluding hydrogens is 356 g/mol. The van der Waals surface area contributed by atoms with E-state index in [9.17, 15) is 19.7 Å². The number of carbonyl (C=O) groups is 2. The summed E-state index contributed by atoms with van der Waals surface area (Å²) in [4.78, 5) is 36.5. The largest absolute Gasteiger partial charge is 0.497 e. The molecule has 0 aromatic heterocycles. The number of ether oxygens (including phenoxy) is 1. The molecule has 0 saturated carbocycles. The predicted molar refractivity (Wildman–Crippen MR) is 97.6 cm³/mol. The summed E-state index contributed by atoms with van der Waals surface area (Å²) in [6.45, 7) is -0.0121. The second kappa shape index (κ2) is 7.40. The van der Waals surface area contributed by atoms with Gasteiger partial charge in [0.2, 0.25) is 0 Å². The zero-order valence-electron chi connectivity index (χ0n) is 13.7. The van der Waals surface area contributed by atoms with Crippen LogP contribution in [0.15, 0.2) is 53.4 Å². The summed E-state index contributed by atoms with van der Waals surface area (Å²) >= 11 is 0.844. The van der Waals surface area contributed by atoms with E-state index in [1.165, 1.54) is 18.2 Å². The number of benzene rings is 2. The molecule has 2 amide bonds. The summed E-state index contributed by atoms with van der Waals surface area (Å²) in [5, 5.41) is 10.5. The number of imide groups is 1. The molecule has 0 bridgehead atoms. The van der Waals surface area contributed by atoms with Crippen LogP contribution in [0.4, 0.5) is 10.5 Å². The number of methoxy groups -OCH3 is 1. The van der Waals surface area contributed by atoms with Gasteiger partial charge in [0, 0.05) is 12.1 Å². The van der Waals surface area contributed by atoms with E-state index in [2.05, 4.69) is 0 Å². The molecular formula is C18H14N2O5S. The van der Waals surface area contributed by atoms with E-state index < -0.39 is 16.1 Å². The fraction of sp³-hybridized carbons (Fsp3) is 0.111. The van der Waals surface area contributed by atoms with Crippen LogP contribution in [0.2, 0.25) is 0 Å². The van der Waals surface area contributed by atoms with Crippen molar-refractivity contribution in [1.29, 1.82) is 0 Å². The Bertz CT molecular complexity index is 925. The van der Waals surface area contributed by atoms with E-state index in [1.54, 1.807) is 43.5 Å². The highest BCUT2D eigenvalue weighted by atomic mass is 32.2. The molecule has 0 unspecified atom stereocenters. The first-order chi connectivity index (χ1) is 12.5. The van der Waals surface area contributed by atoms with Gasteiger partial charge in [0.05, 0.1) is 23.5 Å². The van der Waals surface area contributed by atoms with Crippen LogP contribution < -0.4 is 4.74 Å². The monoisotopic (exact) mass is 370 g/mol. The Morgan fingerprint density at radius 3 is 2.69 bits per heavy atom. The number of nitro benzene ring substituents is 1. The van der Waals surface area contributed by atoms with Crippen molar-refractivity contribution in [1.82, 2.24) is 4.90 Å². The maximum atomic E-state index is 12.5. The van der Waals surface area contributed by atoms with Crippen LogP contribution in [-0.4, -0.2) is 28.1 Å². The Morgan fingerprint density at radius 1 is 1.19 bits per heavy atom. The van der Waals surface area contributed by atoms with Gasteiger partial charge in [0.25, 0.3) is 16.8 Å². The molecule has 1 fully saturated rings. The highest BCUT2D eigenvalue weighted by Gasteiger charge is 2.35. The first-order valence-corrected chi connectivity index (χ1v) is 8.42. The van der Waals surface area contributed by atoms with Crippen molar-refractivity contribution in [2.75, 3.05) is 7.11 Å². The number of rotatable bonds is 5. The maximum Gasteiger partial charge on any atom is 0.293 e. The number of hydrogen-bond acceptors (Lipinski definition) is 6.